The lowest BCUT2D eigenvalue weighted by Crippen LogP contribution is -2.14. The number of benzene rings is 2. The van der Waals surface area contributed by atoms with E-state index in [2.05, 4.69) is 0 Å². The van der Waals surface area contributed by atoms with Crippen LogP contribution in [-0.2, 0) is 0 Å². The van der Waals surface area contributed by atoms with Crippen LogP contribution in [0.4, 0.5) is 0 Å². The summed E-state index contributed by atoms with van der Waals surface area (Å²) in [5.41, 5.74) is 11.6. The predicted molar refractivity (Wildman–Crippen MR) is 83.1 cm³/mol. The molecule has 0 radical (unpaired) electrons. The van der Waals surface area contributed by atoms with Crippen LogP contribution in [0.5, 0.6) is 0 Å². The fourth-order valence-electron chi connectivity index (χ4n) is 2.19. The van der Waals surface area contributed by atoms with Gasteiger partial charge in [-0.15, -0.1) is 0 Å². The van der Waals surface area contributed by atoms with Gasteiger partial charge in [-0.1, -0.05) is 41.4 Å². The van der Waals surface area contributed by atoms with Gasteiger partial charge in [0, 0.05) is 10.0 Å². The highest BCUT2D eigenvalue weighted by molar-refractivity contribution is 6.31. The minimum Gasteiger partial charge on any atom is -0.320 e. The van der Waals surface area contributed by atoms with E-state index in [9.17, 15) is 0 Å². The van der Waals surface area contributed by atoms with Gasteiger partial charge < -0.3 is 5.73 Å². The third kappa shape index (κ3) is 2.94. The van der Waals surface area contributed by atoms with Crippen molar-refractivity contribution in [2.24, 2.45) is 5.73 Å². The highest BCUT2D eigenvalue weighted by atomic mass is 35.5. The lowest BCUT2D eigenvalue weighted by atomic mass is 9.94. The van der Waals surface area contributed by atoms with Crippen LogP contribution in [0.15, 0.2) is 30.3 Å². The van der Waals surface area contributed by atoms with Crippen LogP contribution in [0.3, 0.4) is 0 Å². The monoisotopic (exact) mass is 293 g/mol. The topological polar surface area (TPSA) is 26.0 Å². The zero-order valence-corrected chi connectivity index (χ0v) is 12.8. The molecule has 19 heavy (non-hydrogen) atoms. The number of hydrogen-bond donors (Lipinski definition) is 1. The molecule has 0 aliphatic carbocycles. The van der Waals surface area contributed by atoms with E-state index in [0.717, 1.165) is 32.8 Å². The summed E-state index contributed by atoms with van der Waals surface area (Å²) in [5.74, 6) is 0. The minimum atomic E-state index is -0.232. The second-order valence-corrected chi connectivity index (χ2v) is 5.78. The lowest BCUT2D eigenvalue weighted by molar-refractivity contribution is 0.859. The number of aryl methyl sites for hydroxylation is 3. The van der Waals surface area contributed by atoms with Gasteiger partial charge in [0.1, 0.15) is 0 Å². The molecule has 2 aromatic rings. The molecule has 100 valence electrons. The largest absolute Gasteiger partial charge is 0.320 e. The molecule has 0 amide bonds. The average molecular weight is 294 g/mol. The Labute approximate surface area is 124 Å². The molecule has 0 saturated heterocycles. The van der Waals surface area contributed by atoms with Crippen molar-refractivity contribution >= 4 is 23.2 Å². The summed E-state index contributed by atoms with van der Waals surface area (Å²) >= 11 is 12.4. The molecule has 0 aromatic heterocycles. The molecule has 2 rings (SSSR count). The van der Waals surface area contributed by atoms with Gasteiger partial charge in [0.2, 0.25) is 0 Å². The fourth-order valence-corrected chi connectivity index (χ4v) is 2.76. The molecule has 0 aliphatic rings. The van der Waals surface area contributed by atoms with Gasteiger partial charge in [-0.25, -0.2) is 0 Å². The summed E-state index contributed by atoms with van der Waals surface area (Å²) < 4.78 is 0. The standard InChI is InChI=1S/C16H17Cl2N/c1-9-4-5-12(15(18)6-9)16(19)13-7-11(3)14(17)8-10(13)2/h4-8,16H,19H2,1-3H3. The molecule has 0 saturated carbocycles. The Morgan fingerprint density at radius 1 is 0.842 bits per heavy atom. The van der Waals surface area contributed by atoms with E-state index in [1.54, 1.807) is 0 Å². The smallest absolute Gasteiger partial charge is 0.0569 e. The summed E-state index contributed by atoms with van der Waals surface area (Å²) in [5, 5.41) is 1.47. The zero-order chi connectivity index (χ0) is 14.2. The maximum Gasteiger partial charge on any atom is 0.0569 e. The first kappa shape index (κ1) is 14.4. The normalized spacial score (nSPS) is 12.5. The average Bonchev–Trinajstić information content (AvgIpc) is 2.33. The Morgan fingerprint density at radius 2 is 1.53 bits per heavy atom. The zero-order valence-electron chi connectivity index (χ0n) is 11.3. The first-order chi connectivity index (χ1) is 8.90. The van der Waals surface area contributed by atoms with Crippen LogP contribution in [0, 0.1) is 20.8 Å². The maximum absolute atomic E-state index is 6.36. The molecule has 1 atom stereocenters. The van der Waals surface area contributed by atoms with E-state index in [1.807, 2.05) is 51.1 Å². The molecule has 0 spiro atoms. The van der Waals surface area contributed by atoms with Crippen molar-refractivity contribution in [2.45, 2.75) is 26.8 Å². The SMILES string of the molecule is Cc1ccc(C(N)c2cc(C)c(Cl)cc2C)c(Cl)c1. The third-order valence-electron chi connectivity index (χ3n) is 3.37. The molecule has 3 heteroatoms. The van der Waals surface area contributed by atoms with Crippen molar-refractivity contribution in [1.82, 2.24) is 0 Å². The predicted octanol–water partition coefficient (Wildman–Crippen LogP) is 4.97. The number of halogens is 2. The van der Waals surface area contributed by atoms with Crippen LogP contribution in [0.2, 0.25) is 10.0 Å². The maximum atomic E-state index is 6.36. The lowest BCUT2D eigenvalue weighted by Gasteiger charge is -2.18. The van der Waals surface area contributed by atoms with E-state index in [0.29, 0.717) is 5.02 Å². The Balaban J connectivity index is 2.49. The van der Waals surface area contributed by atoms with Gasteiger partial charge in [0.05, 0.1) is 6.04 Å². The van der Waals surface area contributed by atoms with E-state index in [1.165, 1.54) is 0 Å². The van der Waals surface area contributed by atoms with E-state index >= 15 is 0 Å². The highest BCUT2D eigenvalue weighted by Crippen LogP contribution is 2.31. The third-order valence-corrected chi connectivity index (χ3v) is 4.11. The van der Waals surface area contributed by atoms with Crippen LogP contribution in [0.25, 0.3) is 0 Å². The Hall–Kier alpha value is -1.02. The van der Waals surface area contributed by atoms with Gasteiger partial charge in [-0.2, -0.15) is 0 Å². The molecule has 2 aromatic carbocycles. The summed E-state index contributed by atoms with van der Waals surface area (Å²) in [6.45, 7) is 6.01. The van der Waals surface area contributed by atoms with Gasteiger partial charge in [0.15, 0.2) is 0 Å². The first-order valence-electron chi connectivity index (χ1n) is 6.18. The molecule has 0 fully saturated rings. The molecular formula is C16H17Cl2N. The first-order valence-corrected chi connectivity index (χ1v) is 6.94. The molecule has 0 aliphatic heterocycles. The number of rotatable bonds is 2. The van der Waals surface area contributed by atoms with Crippen LogP contribution in [-0.4, -0.2) is 0 Å². The highest BCUT2D eigenvalue weighted by Gasteiger charge is 2.15. The second-order valence-electron chi connectivity index (χ2n) is 4.96. The van der Waals surface area contributed by atoms with E-state index in [-0.39, 0.29) is 6.04 Å². The van der Waals surface area contributed by atoms with Gasteiger partial charge in [0.25, 0.3) is 0 Å². The Bertz CT molecular complexity index is 620. The van der Waals surface area contributed by atoms with Gasteiger partial charge in [-0.05, 0) is 60.7 Å². The van der Waals surface area contributed by atoms with Crippen molar-refractivity contribution in [3.05, 3.63) is 68.2 Å². The fraction of sp³-hybridized carbons (Fsp3) is 0.250. The van der Waals surface area contributed by atoms with Crippen LogP contribution >= 0.6 is 23.2 Å². The van der Waals surface area contributed by atoms with Crippen molar-refractivity contribution in [3.8, 4) is 0 Å². The number of hydrogen-bond acceptors (Lipinski definition) is 1. The summed E-state index contributed by atoms with van der Waals surface area (Å²) in [6.07, 6.45) is 0. The van der Waals surface area contributed by atoms with Gasteiger partial charge >= 0.3 is 0 Å². The van der Waals surface area contributed by atoms with Crippen LogP contribution < -0.4 is 5.73 Å². The molecule has 1 unspecified atom stereocenters. The van der Waals surface area contributed by atoms with Crippen molar-refractivity contribution in [2.75, 3.05) is 0 Å². The minimum absolute atomic E-state index is 0.232. The quantitative estimate of drug-likeness (QED) is 0.831. The van der Waals surface area contributed by atoms with Crippen LogP contribution in [0.1, 0.15) is 33.9 Å². The van der Waals surface area contributed by atoms with Crippen molar-refractivity contribution in [3.63, 3.8) is 0 Å². The summed E-state index contributed by atoms with van der Waals surface area (Å²) in [6, 6.07) is 9.72. The summed E-state index contributed by atoms with van der Waals surface area (Å²) in [7, 11) is 0. The van der Waals surface area contributed by atoms with Crippen molar-refractivity contribution in [1.29, 1.82) is 0 Å². The van der Waals surface area contributed by atoms with Crippen molar-refractivity contribution < 1.29 is 0 Å². The Morgan fingerprint density at radius 3 is 2.16 bits per heavy atom. The molecule has 0 heterocycles. The molecular weight excluding hydrogens is 277 g/mol. The summed E-state index contributed by atoms with van der Waals surface area (Å²) in [4.78, 5) is 0. The molecule has 0 bridgehead atoms. The van der Waals surface area contributed by atoms with E-state index < -0.39 is 0 Å². The number of nitrogens with two attached hydrogens (primary N) is 1. The molecule has 2 N–H and O–H groups in total. The second kappa shape index (κ2) is 5.54. The van der Waals surface area contributed by atoms with E-state index in [4.69, 9.17) is 28.9 Å². The molecule has 1 nitrogen and oxygen atoms in total. The van der Waals surface area contributed by atoms with Gasteiger partial charge in [-0.3, -0.25) is 0 Å². The Kier molecular flexibility index (Phi) is 4.19.